The number of hydrogen-bond donors (Lipinski definition) is 1. The second kappa shape index (κ2) is 9.50. The van der Waals surface area contributed by atoms with Gasteiger partial charge in [-0.1, -0.05) is 50.7 Å². The van der Waals surface area contributed by atoms with Gasteiger partial charge in [0.25, 0.3) is 0 Å². The number of thioether (sulfide) groups is 1. The van der Waals surface area contributed by atoms with Crippen molar-refractivity contribution in [3.8, 4) is 17.2 Å². The molecule has 0 spiro atoms. The molecular weight excluding hydrogens is 370 g/mol. The molecule has 0 bridgehead atoms. The molecule has 146 valence electrons. The summed E-state index contributed by atoms with van der Waals surface area (Å²) >= 11 is 1.38. The van der Waals surface area contributed by atoms with Gasteiger partial charge in [0.15, 0.2) is 11.0 Å². The van der Waals surface area contributed by atoms with Gasteiger partial charge in [-0.2, -0.15) is 0 Å². The fourth-order valence-electron chi connectivity index (χ4n) is 2.64. The monoisotopic (exact) mass is 395 g/mol. The van der Waals surface area contributed by atoms with Gasteiger partial charge in [0.1, 0.15) is 5.69 Å². The van der Waals surface area contributed by atoms with E-state index in [0.717, 1.165) is 17.8 Å². The molecule has 0 aliphatic carbocycles. The lowest BCUT2D eigenvalue weighted by molar-refractivity contribution is -0.118. The maximum absolute atomic E-state index is 12.1. The summed E-state index contributed by atoms with van der Waals surface area (Å²) < 4.78 is 1.96. The smallest absolute Gasteiger partial charge is 0.230 e. The minimum atomic E-state index is -0.00559. The number of aryl methyl sites for hydroxylation is 1. The Morgan fingerprint density at radius 2 is 1.93 bits per heavy atom. The fraction of sp³-hybridized carbons (Fsp3) is 0.333. The molecule has 1 aromatic carbocycles. The molecule has 3 rings (SSSR count). The molecule has 1 amide bonds. The predicted molar refractivity (Wildman–Crippen MR) is 113 cm³/mol. The summed E-state index contributed by atoms with van der Waals surface area (Å²) in [6.45, 7) is 6.94. The van der Waals surface area contributed by atoms with Crippen LogP contribution in [0, 0.1) is 5.92 Å². The Morgan fingerprint density at radius 3 is 2.57 bits per heavy atom. The zero-order valence-electron chi connectivity index (χ0n) is 16.4. The molecule has 0 saturated heterocycles. The van der Waals surface area contributed by atoms with Crippen LogP contribution in [0.5, 0.6) is 0 Å². The molecule has 28 heavy (non-hydrogen) atoms. The highest BCUT2D eigenvalue weighted by atomic mass is 32.2. The number of carbonyl (C=O) groups is 1. The van der Waals surface area contributed by atoms with E-state index in [4.69, 9.17) is 0 Å². The van der Waals surface area contributed by atoms with Crippen molar-refractivity contribution in [1.29, 1.82) is 0 Å². The standard InChI is InChI=1S/C21H25N5OS/c1-4-16-8-10-17(11-9-16)26-20(18-7-5-6-12-22-18)24-25-21(26)28-14-19(27)23-13-15(2)3/h5-12,15H,4,13-14H2,1-3H3,(H,23,27). The second-order valence-electron chi connectivity index (χ2n) is 6.86. The topological polar surface area (TPSA) is 72.7 Å². The zero-order valence-corrected chi connectivity index (χ0v) is 17.2. The molecule has 0 aliphatic rings. The van der Waals surface area contributed by atoms with Gasteiger partial charge in [-0.05, 0) is 42.2 Å². The lowest BCUT2D eigenvalue weighted by Crippen LogP contribution is -2.28. The molecule has 0 unspecified atom stereocenters. The van der Waals surface area contributed by atoms with E-state index in [1.165, 1.54) is 17.3 Å². The van der Waals surface area contributed by atoms with E-state index in [1.807, 2.05) is 22.8 Å². The lowest BCUT2D eigenvalue weighted by atomic mass is 10.1. The first-order chi connectivity index (χ1) is 13.6. The van der Waals surface area contributed by atoms with Crippen LogP contribution in [-0.2, 0) is 11.2 Å². The highest BCUT2D eigenvalue weighted by Gasteiger charge is 2.18. The molecule has 0 fully saturated rings. The maximum atomic E-state index is 12.1. The zero-order chi connectivity index (χ0) is 19.9. The Bertz CT molecular complexity index is 906. The Kier molecular flexibility index (Phi) is 6.81. The van der Waals surface area contributed by atoms with Gasteiger partial charge < -0.3 is 5.32 Å². The van der Waals surface area contributed by atoms with Gasteiger partial charge in [0.05, 0.1) is 5.75 Å². The average molecular weight is 396 g/mol. The van der Waals surface area contributed by atoms with Crippen LogP contribution in [0.1, 0.15) is 26.3 Å². The first-order valence-corrected chi connectivity index (χ1v) is 10.4. The van der Waals surface area contributed by atoms with E-state index in [0.29, 0.717) is 29.2 Å². The second-order valence-corrected chi connectivity index (χ2v) is 7.81. The Hall–Kier alpha value is -2.67. The van der Waals surface area contributed by atoms with E-state index < -0.39 is 0 Å². The SMILES string of the molecule is CCc1ccc(-n2c(SCC(=O)NCC(C)C)nnc2-c2ccccn2)cc1. The van der Waals surface area contributed by atoms with Gasteiger partial charge in [-0.25, -0.2) is 0 Å². The first-order valence-electron chi connectivity index (χ1n) is 9.44. The van der Waals surface area contributed by atoms with E-state index in [9.17, 15) is 4.79 Å². The summed E-state index contributed by atoms with van der Waals surface area (Å²) in [5.41, 5.74) is 2.96. The number of aromatic nitrogens is 4. The van der Waals surface area contributed by atoms with Gasteiger partial charge >= 0.3 is 0 Å². The van der Waals surface area contributed by atoms with Crippen LogP contribution < -0.4 is 5.32 Å². The van der Waals surface area contributed by atoms with Crippen molar-refractivity contribution < 1.29 is 4.79 Å². The van der Waals surface area contributed by atoms with Gasteiger partial charge in [0, 0.05) is 18.4 Å². The number of pyridine rings is 1. The Morgan fingerprint density at radius 1 is 1.14 bits per heavy atom. The van der Waals surface area contributed by atoms with Crippen LogP contribution in [0.3, 0.4) is 0 Å². The van der Waals surface area contributed by atoms with Crippen molar-refractivity contribution in [2.75, 3.05) is 12.3 Å². The van der Waals surface area contributed by atoms with E-state index in [-0.39, 0.29) is 5.91 Å². The Labute approximate surface area is 169 Å². The number of rotatable bonds is 8. The van der Waals surface area contributed by atoms with Crippen molar-refractivity contribution >= 4 is 17.7 Å². The molecular formula is C21H25N5OS. The van der Waals surface area contributed by atoms with Crippen molar-refractivity contribution in [3.05, 3.63) is 54.2 Å². The lowest BCUT2D eigenvalue weighted by Gasteiger charge is -2.11. The number of amides is 1. The van der Waals surface area contributed by atoms with Gasteiger partial charge in [-0.15, -0.1) is 10.2 Å². The first kappa shape index (κ1) is 20.1. The minimum Gasteiger partial charge on any atom is -0.355 e. The van der Waals surface area contributed by atoms with Gasteiger partial charge in [0.2, 0.25) is 5.91 Å². The van der Waals surface area contributed by atoms with Crippen molar-refractivity contribution in [1.82, 2.24) is 25.1 Å². The largest absolute Gasteiger partial charge is 0.355 e. The number of nitrogens with zero attached hydrogens (tertiary/aromatic N) is 4. The number of carbonyl (C=O) groups excluding carboxylic acids is 1. The summed E-state index contributed by atoms with van der Waals surface area (Å²) in [7, 11) is 0. The minimum absolute atomic E-state index is 0.00559. The van der Waals surface area contributed by atoms with E-state index in [2.05, 4.69) is 65.5 Å². The highest BCUT2D eigenvalue weighted by Crippen LogP contribution is 2.27. The summed E-state index contributed by atoms with van der Waals surface area (Å²) in [4.78, 5) is 16.5. The van der Waals surface area contributed by atoms with Crippen LogP contribution >= 0.6 is 11.8 Å². The average Bonchev–Trinajstić information content (AvgIpc) is 3.15. The van der Waals surface area contributed by atoms with Crippen molar-refractivity contribution in [2.45, 2.75) is 32.3 Å². The molecule has 3 aromatic rings. The van der Waals surface area contributed by atoms with Crippen LogP contribution in [0.15, 0.2) is 53.8 Å². The quantitative estimate of drug-likeness (QED) is 0.588. The van der Waals surface area contributed by atoms with Crippen molar-refractivity contribution in [3.63, 3.8) is 0 Å². The normalized spacial score (nSPS) is 11.0. The predicted octanol–water partition coefficient (Wildman–Crippen LogP) is 3.76. The molecule has 0 radical (unpaired) electrons. The number of benzene rings is 1. The third-order valence-corrected chi connectivity index (χ3v) is 5.10. The Balaban J connectivity index is 1.89. The molecule has 2 aromatic heterocycles. The highest BCUT2D eigenvalue weighted by molar-refractivity contribution is 7.99. The summed E-state index contributed by atoms with van der Waals surface area (Å²) in [5, 5.41) is 12.3. The van der Waals surface area contributed by atoms with Crippen molar-refractivity contribution in [2.24, 2.45) is 5.92 Å². The molecule has 0 saturated carbocycles. The van der Waals surface area contributed by atoms with Crippen LogP contribution in [-0.4, -0.2) is 38.0 Å². The number of nitrogens with one attached hydrogen (secondary N) is 1. The fourth-order valence-corrected chi connectivity index (χ4v) is 3.42. The third kappa shape index (κ3) is 4.98. The van der Waals surface area contributed by atoms with Crippen LogP contribution in [0.2, 0.25) is 0 Å². The summed E-state index contributed by atoms with van der Waals surface area (Å²) in [6.07, 6.45) is 2.72. The summed E-state index contributed by atoms with van der Waals surface area (Å²) in [6, 6.07) is 14.0. The molecule has 6 nitrogen and oxygen atoms in total. The van der Waals surface area contributed by atoms with Crippen LogP contribution in [0.4, 0.5) is 0 Å². The van der Waals surface area contributed by atoms with E-state index in [1.54, 1.807) is 6.20 Å². The molecule has 1 N–H and O–H groups in total. The number of hydrogen-bond acceptors (Lipinski definition) is 5. The molecule has 2 heterocycles. The van der Waals surface area contributed by atoms with Gasteiger partial charge in [-0.3, -0.25) is 14.3 Å². The molecule has 7 heteroatoms. The van der Waals surface area contributed by atoms with Crippen LogP contribution in [0.25, 0.3) is 17.2 Å². The summed E-state index contributed by atoms with van der Waals surface area (Å²) in [5.74, 6) is 1.37. The molecule has 0 atom stereocenters. The third-order valence-electron chi connectivity index (χ3n) is 4.17. The molecule has 0 aliphatic heterocycles. The van der Waals surface area contributed by atoms with E-state index >= 15 is 0 Å². The maximum Gasteiger partial charge on any atom is 0.230 e.